The lowest BCUT2D eigenvalue weighted by Gasteiger charge is -2.28. The zero-order valence-corrected chi connectivity index (χ0v) is 7.98. The molecule has 1 aliphatic rings. The molecule has 0 radical (unpaired) electrons. The molecule has 3 nitrogen and oxygen atoms in total. The van der Waals surface area contributed by atoms with Gasteiger partial charge in [0, 0.05) is 17.9 Å². The van der Waals surface area contributed by atoms with Gasteiger partial charge in [0.05, 0.1) is 12.2 Å². The van der Waals surface area contributed by atoms with E-state index in [9.17, 15) is 10.2 Å². The van der Waals surface area contributed by atoms with Crippen LogP contribution < -0.4 is 0 Å². The largest absolute Gasteiger partial charge is 0.396 e. The van der Waals surface area contributed by atoms with Gasteiger partial charge in [0.1, 0.15) is 0 Å². The molecule has 4 atom stereocenters. The third kappa shape index (κ3) is 1.52. The summed E-state index contributed by atoms with van der Waals surface area (Å²) in [6, 6.07) is 0. The molecule has 3 unspecified atom stereocenters. The molecule has 1 rings (SSSR count). The lowest BCUT2D eigenvalue weighted by Crippen LogP contribution is -2.34. The van der Waals surface area contributed by atoms with E-state index in [1.807, 2.05) is 6.92 Å². The van der Waals surface area contributed by atoms with Gasteiger partial charge in [-0.15, -0.1) is 6.58 Å². The minimum Gasteiger partial charge on any atom is -0.396 e. The fourth-order valence-electron chi connectivity index (χ4n) is 2.20. The molecule has 1 fully saturated rings. The van der Waals surface area contributed by atoms with Gasteiger partial charge in [-0.3, -0.25) is 0 Å². The van der Waals surface area contributed by atoms with E-state index in [0.717, 1.165) is 6.42 Å². The second-order valence-corrected chi connectivity index (χ2v) is 3.87. The number of aliphatic hydroxyl groups is 3. The van der Waals surface area contributed by atoms with Crippen LogP contribution in [-0.2, 0) is 0 Å². The Hall–Kier alpha value is -0.380. The zero-order chi connectivity index (χ0) is 10.1. The summed E-state index contributed by atoms with van der Waals surface area (Å²) in [6.07, 6.45) is 1.46. The van der Waals surface area contributed by atoms with E-state index in [1.54, 1.807) is 6.08 Å². The van der Waals surface area contributed by atoms with Crippen molar-refractivity contribution >= 4 is 0 Å². The molecule has 1 saturated carbocycles. The second kappa shape index (κ2) is 3.78. The van der Waals surface area contributed by atoms with Crippen LogP contribution in [0.3, 0.4) is 0 Å². The van der Waals surface area contributed by atoms with E-state index in [4.69, 9.17) is 5.11 Å². The molecule has 0 heterocycles. The van der Waals surface area contributed by atoms with Gasteiger partial charge in [-0.05, 0) is 12.8 Å². The SMILES string of the molecule is C=C[C@@]1(CC)CC(CO)C(O)C1O. The zero-order valence-electron chi connectivity index (χ0n) is 7.98. The van der Waals surface area contributed by atoms with Gasteiger partial charge in [-0.25, -0.2) is 0 Å². The van der Waals surface area contributed by atoms with Crippen LogP contribution in [0.1, 0.15) is 19.8 Å². The van der Waals surface area contributed by atoms with Crippen molar-refractivity contribution in [3.8, 4) is 0 Å². The third-order valence-corrected chi connectivity index (χ3v) is 3.34. The molecular weight excluding hydrogens is 168 g/mol. The van der Waals surface area contributed by atoms with E-state index in [0.29, 0.717) is 6.42 Å². The summed E-state index contributed by atoms with van der Waals surface area (Å²) in [5, 5.41) is 28.3. The fourth-order valence-corrected chi connectivity index (χ4v) is 2.20. The molecule has 0 bridgehead atoms. The van der Waals surface area contributed by atoms with Gasteiger partial charge >= 0.3 is 0 Å². The van der Waals surface area contributed by atoms with E-state index >= 15 is 0 Å². The van der Waals surface area contributed by atoms with Crippen LogP contribution in [0.4, 0.5) is 0 Å². The average molecular weight is 186 g/mol. The molecular formula is C10H18O3. The highest BCUT2D eigenvalue weighted by Crippen LogP contribution is 2.45. The van der Waals surface area contributed by atoms with Crippen molar-refractivity contribution in [3.05, 3.63) is 12.7 Å². The van der Waals surface area contributed by atoms with E-state index < -0.39 is 17.6 Å². The Balaban J connectivity index is 2.85. The Morgan fingerprint density at radius 2 is 2.15 bits per heavy atom. The van der Waals surface area contributed by atoms with Gasteiger partial charge in [0.25, 0.3) is 0 Å². The highest BCUT2D eigenvalue weighted by atomic mass is 16.3. The minimum atomic E-state index is -0.817. The molecule has 3 heteroatoms. The molecule has 0 aromatic rings. The first kappa shape index (κ1) is 10.7. The Bertz CT molecular complexity index is 193. The number of aliphatic hydroxyl groups excluding tert-OH is 3. The normalized spacial score (nSPS) is 45.1. The number of rotatable bonds is 3. The third-order valence-electron chi connectivity index (χ3n) is 3.34. The van der Waals surface area contributed by atoms with E-state index in [-0.39, 0.29) is 12.5 Å². The topological polar surface area (TPSA) is 60.7 Å². The first-order valence-electron chi connectivity index (χ1n) is 4.72. The maximum atomic E-state index is 9.78. The maximum absolute atomic E-state index is 9.78. The van der Waals surface area contributed by atoms with Crippen molar-refractivity contribution in [1.29, 1.82) is 0 Å². The molecule has 1 aliphatic carbocycles. The van der Waals surface area contributed by atoms with Crippen molar-refractivity contribution in [2.45, 2.75) is 32.0 Å². The molecule has 0 aromatic heterocycles. The van der Waals surface area contributed by atoms with Crippen molar-refractivity contribution in [2.75, 3.05) is 6.61 Å². The van der Waals surface area contributed by atoms with Crippen molar-refractivity contribution < 1.29 is 15.3 Å². The summed E-state index contributed by atoms with van der Waals surface area (Å²) >= 11 is 0. The van der Waals surface area contributed by atoms with Gasteiger partial charge in [-0.1, -0.05) is 13.0 Å². The van der Waals surface area contributed by atoms with E-state index in [1.165, 1.54) is 0 Å². The smallest absolute Gasteiger partial charge is 0.0892 e. The lowest BCUT2D eigenvalue weighted by atomic mass is 9.81. The summed E-state index contributed by atoms with van der Waals surface area (Å²) in [5.41, 5.74) is -0.410. The molecule has 76 valence electrons. The van der Waals surface area contributed by atoms with Crippen molar-refractivity contribution in [2.24, 2.45) is 11.3 Å². The molecule has 3 N–H and O–H groups in total. The summed E-state index contributed by atoms with van der Waals surface area (Å²) in [4.78, 5) is 0. The van der Waals surface area contributed by atoms with E-state index in [2.05, 4.69) is 6.58 Å². The second-order valence-electron chi connectivity index (χ2n) is 3.87. The predicted octanol–water partition coefficient (Wildman–Crippen LogP) is 0.303. The van der Waals surface area contributed by atoms with Crippen LogP contribution in [0.25, 0.3) is 0 Å². The number of hydrogen-bond acceptors (Lipinski definition) is 3. The molecule has 0 saturated heterocycles. The minimum absolute atomic E-state index is 0.0756. The lowest BCUT2D eigenvalue weighted by molar-refractivity contribution is -0.0214. The quantitative estimate of drug-likeness (QED) is 0.556. The van der Waals surface area contributed by atoms with Crippen molar-refractivity contribution in [1.82, 2.24) is 0 Å². The molecule has 0 aromatic carbocycles. The predicted molar refractivity (Wildman–Crippen MR) is 50.1 cm³/mol. The van der Waals surface area contributed by atoms with Crippen LogP contribution >= 0.6 is 0 Å². The standard InChI is InChI=1S/C10H18O3/c1-3-10(4-2)5-7(6-11)8(12)9(10)13/h3,7-9,11-13H,1,4-6H2,2H3/t7?,8?,9?,10-/m1/s1. The van der Waals surface area contributed by atoms with Gasteiger partial charge < -0.3 is 15.3 Å². The number of hydrogen-bond donors (Lipinski definition) is 3. The summed E-state index contributed by atoms with van der Waals surface area (Å²) in [5.74, 6) is -0.215. The Labute approximate surface area is 78.7 Å². The molecule has 13 heavy (non-hydrogen) atoms. The fraction of sp³-hybridized carbons (Fsp3) is 0.800. The molecule has 0 amide bonds. The first-order chi connectivity index (χ1) is 6.11. The van der Waals surface area contributed by atoms with Crippen LogP contribution in [0.2, 0.25) is 0 Å². The van der Waals surface area contributed by atoms with Crippen LogP contribution in [0.15, 0.2) is 12.7 Å². The van der Waals surface area contributed by atoms with Crippen LogP contribution in [-0.4, -0.2) is 34.1 Å². The summed E-state index contributed by atoms with van der Waals surface area (Å²) in [7, 11) is 0. The van der Waals surface area contributed by atoms with Gasteiger partial charge in [-0.2, -0.15) is 0 Å². The molecule has 0 aliphatic heterocycles. The van der Waals surface area contributed by atoms with Crippen molar-refractivity contribution in [3.63, 3.8) is 0 Å². The average Bonchev–Trinajstić information content (AvgIpc) is 2.42. The van der Waals surface area contributed by atoms with Gasteiger partial charge in [0.15, 0.2) is 0 Å². The highest BCUT2D eigenvalue weighted by Gasteiger charge is 2.49. The Morgan fingerprint density at radius 3 is 2.38 bits per heavy atom. The monoisotopic (exact) mass is 186 g/mol. The molecule has 0 spiro atoms. The summed E-state index contributed by atoms with van der Waals surface area (Å²) < 4.78 is 0. The maximum Gasteiger partial charge on any atom is 0.0892 e. The first-order valence-corrected chi connectivity index (χ1v) is 4.72. The highest BCUT2D eigenvalue weighted by molar-refractivity contribution is 5.09. The summed E-state index contributed by atoms with van der Waals surface area (Å²) in [6.45, 7) is 5.57. The van der Waals surface area contributed by atoms with Crippen LogP contribution in [0, 0.1) is 11.3 Å². The Kier molecular flexibility index (Phi) is 3.11. The Morgan fingerprint density at radius 1 is 1.54 bits per heavy atom. The van der Waals surface area contributed by atoms with Gasteiger partial charge in [0.2, 0.25) is 0 Å². The van der Waals surface area contributed by atoms with Crippen LogP contribution in [0.5, 0.6) is 0 Å².